The first-order chi connectivity index (χ1) is 6.50. The summed E-state index contributed by atoms with van der Waals surface area (Å²) < 4.78 is 1.04. The van der Waals surface area contributed by atoms with Gasteiger partial charge in [-0.05, 0) is 13.0 Å². The average Bonchev–Trinajstić information content (AvgIpc) is 2.11. The molecule has 0 amide bonds. The average molecular weight is 217 g/mol. The number of rotatable bonds is 3. The van der Waals surface area contributed by atoms with Crippen molar-refractivity contribution < 1.29 is 9.90 Å². The SMILES string of the molecule is Cc1ccc(=O)n(CC(Cl)C(=O)O)n1. The number of carbonyl (C=O) groups is 1. The van der Waals surface area contributed by atoms with Gasteiger partial charge in [0.1, 0.15) is 0 Å². The van der Waals surface area contributed by atoms with Crippen molar-refractivity contribution >= 4 is 17.6 Å². The second kappa shape index (κ2) is 4.23. The van der Waals surface area contributed by atoms with Gasteiger partial charge in [0.05, 0.1) is 12.2 Å². The third-order valence-corrected chi connectivity index (χ3v) is 1.93. The molecule has 0 spiro atoms. The zero-order chi connectivity index (χ0) is 10.7. The molecule has 0 fully saturated rings. The van der Waals surface area contributed by atoms with Gasteiger partial charge >= 0.3 is 5.97 Å². The van der Waals surface area contributed by atoms with E-state index >= 15 is 0 Å². The van der Waals surface area contributed by atoms with Crippen molar-refractivity contribution in [2.75, 3.05) is 0 Å². The van der Waals surface area contributed by atoms with Crippen LogP contribution in [-0.4, -0.2) is 26.2 Å². The molecule has 6 heteroatoms. The van der Waals surface area contributed by atoms with Gasteiger partial charge in [0.25, 0.3) is 5.56 Å². The predicted octanol–water partition coefficient (Wildman–Crippen LogP) is 0.244. The number of aliphatic carboxylic acids is 1. The molecule has 1 heterocycles. The number of carboxylic acid groups (broad SMARTS) is 1. The number of hydrogen-bond donors (Lipinski definition) is 1. The van der Waals surface area contributed by atoms with E-state index in [-0.39, 0.29) is 12.1 Å². The predicted molar refractivity (Wildman–Crippen MR) is 50.5 cm³/mol. The van der Waals surface area contributed by atoms with Gasteiger partial charge in [-0.3, -0.25) is 9.59 Å². The fourth-order valence-electron chi connectivity index (χ4n) is 0.912. The van der Waals surface area contributed by atoms with E-state index in [0.717, 1.165) is 4.68 Å². The molecule has 1 N–H and O–H groups in total. The zero-order valence-corrected chi connectivity index (χ0v) is 8.23. The lowest BCUT2D eigenvalue weighted by atomic mass is 10.4. The summed E-state index contributed by atoms with van der Waals surface area (Å²) in [5, 5.41) is 11.2. The molecule has 5 nitrogen and oxygen atoms in total. The Bertz CT molecular complexity index is 402. The van der Waals surface area contributed by atoms with Gasteiger partial charge in [-0.25, -0.2) is 4.68 Å². The fraction of sp³-hybridized carbons (Fsp3) is 0.375. The second-order valence-electron chi connectivity index (χ2n) is 2.80. The molecule has 1 aromatic heterocycles. The zero-order valence-electron chi connectivity index (χ0n) is 7.48. The van der Waals surface area contributed by atoms with Crippen molar-refractivity contribution in [3.8, 4) is 0 Å². The van der Waals surface area contributed by atoms with E-state index in [0.29, 0.717) is 5.69 Å². The fourth-order valence-corrected chi connectivity index (χ4v) is 1.04. The Kier molecular flexibility index (Phi) is 3.24. The van der Waals surface area contributed by atoms with E-state index < -0.39 is 11.3 Å². The largest absolute Gasteiger partial charge is 0.480 e. The summed E-state index contributed by atoms with van der Waals surface area (Å²) in [5.74, 6) is -1.16. The van der Waals surface area contributed by atoms with Gasteiger partial charge in [-0.2, -0.15) is 5.10 Å². The molecule has 0 aliphatic rings. The maximum atomic E-state index is 11.2. The van der Waals surface area contributed by atoms with Crippen LogP contribution >= 0.6 is 11.6 Å². The van der Waals surface area contributed by atoms with Crippen molar-refractivity contribution in [2.24, 2.45) is 0 Å². The van der Waals surface area contributed by atoms with E-state index in [1.165, 1.54) is 6.07 Å². The third-order valence-electron chi connectivity index (χ3n) is 1.60. The first-order valence-corrected chi connectivity index (χ1v) is 4.36. The van der Waals surface area contributed by atoms with Gasteiger partial charge in [-0.1, -0.05) is 0 Å². The Morgan fingerprint density at radius 3 is 2.93 bits per heavy atom. The topological polar surface area (TPSA) is 72.2 Å². The molecular weight excluding hydrogens is 208 g/mol. The summed E-state index contributed by atoms with van der Waals surface area (Å²) >= 11 is 5.48. The maximum Gasteiger partial charge on any atom is 0.323 e. The molecule has 1 aromatic rings. The number of halogens is 1. The molecule has 76 valence electrons. The Morgan fingerprint density at radius 1 is 1.71 bits per heavy atom. The van der Waals surface area contributed by atoms with Gasteiger partial charge in [0, 0.05) is 6.07 Å². The van der Waals surface area contributed by atoms with Crippen LogP contribution in [0.1, 0.15) is 5.69 Å². The van der Waals surface area contributed by atoms with Crippen LogP contribution in [-0.2, 0) is 11.3 Å². The normalized spacial score (nSPS) is 12.4. The van der Waals surface area contributed by atoms with Crippen LogP contribution in [0, 0.1) is 6.92 Å². The minimum Gasteiger partial charge on any atom is -0.480 e. The minimum atomic E-state index is -1.16. The van der Waals surface area contributed by atoms with Crippen LogP contribution in [0.25, 0.3) is 0 Å². The number of nitrogens with zero attached hydrogens (tertiary/aromatic N) is 2. The van der Waals surface area contributed by atoms with Crippen LogP contribution in [0.2, 0.25) is 0 Å². The first kappa shape index (κ1) is 10.7. The highest BCUT2D eigenvalue weighted by atomic mass is 35.5. The van der Waals surface area contributed by atoms with Crippen LogP contribution in [0.3, 0.4) is 0 Å². The lowest BCUT2D eigenvalue weighted by molar-refractivity contribution is -0.136. The smallest absolute Gasteiger partial charge is 0.323 e. The second-order valence-corrected chi connectivity index (χ2v) is 3.33. The highest BCUT2D eigenvalue weighted by Gasteiger charge is 2.15. The van der Waals surface area contributed by atoms with Crippen molar-refractivity contribution in [2.45, 2.75) is 18.8 Å². The molecule has 0 aliphatic carbocycles. The Morgan fingerprint density at radius 2 is 2.36 bits per heavy atom. The number of carboxylic acids is 1. The van der Waals surface area contributed by atoms with Crippen molar-refractivity contribution in [3.05, 3.63) is 28.2 Å². The molecule has 0 aromatic carbocycles. The Labute approximate surface area is 84.9 Å². The van der Waals surface area contributed by atoms with Gasteiger partial charge in [0.2, 0.25) is 0 Å². The highest BCUT2D eigenvalue weighted by molar-refractivity contribution is 6.29. The van der Waals surface area contributed by atoms with E-state index in [9.17, 15) is 9.59 Å². The molecule has 1 unspecified atom stereocenters. The number of aromatic nitrogens is 2. The lowest BCUT2D eigenvalue weighted by Gasteiger charge is -2.06. The standard InChI is InChI=1S/C8H9ClN2O3/c1-5-2-3-7(12)11(10-5)4-6(9)8(13)14/h2-3,6H,4H2,1H3,(H,13,14). The Hall–Kier alpha value is -1.36. The quantitative estimate of drug-likeness (QED) is 0.735. The number of aryl methyl sites for hydroxylation is 1. The molecule has 14 heavy (non-hydrogen) atoms. The van der Waals surface area contributed by atoms with Crippen LogP contribution in [0.4, 0.5) is 0 Å². The summed E-state index contributed by atoms with van der Waals surface area (Å²) in [6, 6.07) is 2.89. The van der Waals surface area contributed by atoms with Crippen molar-refractivity contribution in [1.82, 2.24) is 9.78 Å². The minimum absolute atomic E-state index is 0.128. The summed E-state index contributed by atoms with van der Waals surface area (Å²) in [6.45, 7) is 1.58. The van der Waals surface area contributed by atoms with Gasteiger partial charge in [-0.15, -0.1) is 11.6 Å². The molecular formula is C8H9ClN2O3. The van der Waals surface area contributed by atoms with Crippen LogP contribution < -0.4 is 5.56 Å². The van der Waals surface area contributed by atoms with E-state index in [2.05, 4.69) is 5.10 Å². The van der Waals surface area contributed by atoms with E-state index in [1.54, 1.807) is 13.0 Å². The number of hydrogen-bond acceptors (Lipinski definition) is 3. The van der Waals surface area contributed by atoms with Crippen molar-refractivity contribution in [1.29, 1.82) is 0 Å². The van der Waals surface area contributed by atoms with E-state index in [1.807, 2.05) is 0 Å². The van der Waals surface area contributed by atoms with Crippen molar-refractivity contribution in [3.63, 3.8) is 0 Å². The third kappa shape index (κ3) is 2.56. The summed E-state index contributed by atoms with van der Waals surface area (Å²) in [4.78, 5) is 21.6. The monoisotopic (exact) mass is 216 g/mol. The molecule has 1 atom stereocenters. The van der Waals surface area contributed by atoms with E-state index in [4.69, 9.17) is 16.7 Å². The van der Waals surface area contributed by atoms with Gasteiger partial charge in [0.15, 0.2) is 5.38 Å². The lowest BCUT2D eigenvalue weighted by Crippen LogP contribution is -2.30. The molecule has 0 saturated carbocycles. The Balaban J connectivity index is 2.91. The molecule has 0 aliphatic heterocycles. The van der Waals surface area contributed by atoms with Gasteiger partial charge < -0.3 is 5.11 Å². The summed E-state index contributed by atoms with van der Waals surface area (Å²) in [7, 11) is 0. The van der Waals surface area contributed by atoms with Crippen LogP contribution in [0.5, 0.6) is 0 Å². The highest BCUT2D eigenvalue weighted by Crippen LogP contribution is 1.98. The molecule has 0 bridgehead atoms. The first-order valence-electron chi connectivity index (χ1n) is 3.92. The summed E-state index contributed by atoms with van der Waals surface area (Å²) in [5.41, 5.74) is 0.279. The molecule has 0 radical (unpaired) electrons. The molecule has 1 rings (SSSR count). The summed E-state index contributed by atoms with van der Waals surface area (Å²) in [6.07, 6.45) is 0. The number of alkyl halides is 1. The molecule has 0 saturated heterocycles. The maximum absolute atomic E-state index is 11.2. The van der Waals surface area contributed by atoms with Crippen LogP contribution in [0.15, 0.2) is 16.9 Å².